The van der Waals surface area contributed by atoms with Crippen molar-refractivity contribution in [3.05, 3.63) is 82.4 Å². The summed E-state index contributed by atoms with van der Waals surface area (Å²) in [5.74, 6) is -4.61. The highest BCUT2D eigenvalue weighted by Gasteiger charge is 2.36. The number of fused-ring (bicyclic) bond motifs is 5. The fraction of sp³-hybridized carbons (Fsp3) is 0.531. The highest BCUT2D eigenvalue weighted by molar-refractivity contribution is 7.92. The standard InChI is InChI=1S/C49H69N5O9S/c1-6-8-9-10-11-12-34-13-16-38(32(3)25-34)42(55)30-37(19-20-50)49(59)54(5)47-36-15-18-46(63-24-22-52)40(29-36)39-27-35(14-17-45(39)62-23-21-51)28-41(44(57)31-64(60,61)7-2)53-48(58)33(4)26-43(47)56/h13-18,25,27,29,33,37,41,47H,6-12,19-24,26,28,30-31,50-52H2,1-5H3,(H,53,58)/t33-,37-,41+,47+/m1/s1. The summed E-state index contributed by atoms with van der Waals surface area (Å²) in [6.07, 6.45) is 6.38. The van der Waals surface area contributed by atoms with Crippen LogP contribution < -0.4 is 32.0 Å². The van der Waals surface area contributed by atoms with Gasteiger partial charge in [-0.15, -0.1) is 0 Å². The fourth-order valence-corrected chi connectivity index (χ4v) is 9.01. The number of nitrogens with one attached hydrogen (secondary N) is 1. The van der Waals surface area contributed by atoms with Gasteiger partial charge in [0.2, 0.25) is 11.8 Å². The van der Waals surface area contributed by atoms with Gasteiger partial charge in [-0.2, -0.15) is 0 Å². The predicted octanol–water partition coefficient (Wildman–Crippen LogP) is 5.23. The molecule has 350 valence electrons. The number of unbranched alkanes of at least 4 members (excludes halogenated alkanes) is 4. The van der Waals surface area contributed by atoms with Gasteiger partial charge in [0.15, 0.2) is 27.2 Å². The van der Waals surface area contributed by atoms with Crippen LogP contribution in [0, 0.1) is 18.8 Å². The van der Waals surface area contributed by atoms with E-state index in [2.05, 4.69) is 12.2 Å². The molecular weight excluding hydrogens is 835 g/mol. The van der Waals surface area contributed by atoms with E-state index in [0.717, 1.165) is 30.4 Å². The van der Waals surface area contributed by atoms with E-state index in [1.54, 1.807) is 36.4 Å². The number of carbonyl (C=O) groups excluding carboxylic acids is 5. The lowest BCUT2D eigenvalue weighted by atomic mass is 9.88. The lowest BCUT2D eigenvalue weighted by Crippen LogP contribution is -2.47. The van der Waals surface area contributed by atoms with E-state index >= 15 is 0 Å². The molecule has 0 fully saturated rings. The highest BCUT2D eigenvalue weighted by Crippen LogP contribution is 2.41. The zero-order chi connectivity index (χ0) is 47.0. The molecule has 7 N–H and O–H groups in total. The zero-order valence-corrected chi connectivity index (χ0v) is 39.1. The number of likely N-dealkylation sites (N-methyl/N-ethyl adjacent to an activating group) is 1. The zero-order valence-electron chi connectivity index (χ0n) is 38.3. The third kappa shape index (κ3) is 14.3. The molecule has 14 nitrogen and oxygen atoms in total. The number of ketones is 3. The smallest absolute Gasteiger partial charge is 0.226 e. The van der Waals surface area contributed by atoms with Crippen LogP contribution in [0.5, 0.6) is 11.5 Å². The Balaban J connectivity index is 1.80. The largest absolute Gasteiger partial charge is 0.492 e. The summed E-state index contributed by atoms with van der Waals surface area (Å²) in [5.41, 5.74) is 22.2. The number of sulfone groups is 1. The molecule has 0 spiro atoms. The molecule has 4 atom stereocenters. The maximum atomic E-state index is 14.7. The summed E-state index contributed by atoms with van der Waals surface area (Å²) in [5, 5.41) is 2.73. The van der Waals surface area contributed by atoms with E-state index < -0.39 is 62.9 Å². The Labute approximate surface area is 379 Å². The van der Waals surface area contributed by atoms with E-state index in [1.807, 2.05) is 25.1 Å². The summed E-state index contributed by atoms with van der Waals surface area (Å²) in [7, 11) is -2.25. The minimum atomic E-state index is -3.76. The van der Waals surface area contributed by atoms with Crippen LogP contribution in [-0.2, 0) is 41.9 Å². The van der Waals surface area contributed by atoms with Crippen molar-refractivity contribution in [2.45, 2.75) is 104 Å². The summed E-state index contributed by atoms with van der Waals surface area (Å²) in [6, 6.07) is 13.6. The van der Waals surface area contributed by atoms with Crippen LogP contribution in [0.4, 0.5) is 0 Å². The average Bonchev–Trinajstić information content (AvgIpc) is 3.26. The quantitative estimate of drug-likeness (QED) is 0.0709. The Morgan fingerprint density at radius 3 is 2.12 bits per heavy atom. The molecule has 3 aromatic rings. The molecule has 0 saturated heterocycles. The summed E-state index contributed by atoms with van der Waals surface area (Å²) in [6.45, 7) is 7.87. The van der Waals surface area contributed by atoms with Crippen molar-refractivity contribution < 1.29 is 41.9 Å². The van der Waals surface area contributed by atoms with E-state index in [0.29, 0.717) is 39.3 Å². The summed E-state index contributed by atoms with van der Waals surface area (Å²) < 4.78 is 37.5. The van der Waals surface area contributed by atoms with E-state index in [4.69, 9.17) is 26.7 Å². The van der Waals surface area contributed by atoms with Crippen molar-refractivity contribution in [1.82, 2.24) is 10.2 Å². The number of ether oxygens (including phenoxy) is 2. The Kier molecular flexibility index (Phi) is 20.1. The molecule has 4 rings (SSSR count). The molecule has 3 aromatic carbocycles. The van der Waals surface area contributed by atoms with Gasteiger partial charge in [0.1, 0.15) is 36.5 Å². The fourth-order valence-electron chi connectivity index (χ4n) is 8.17. The first kappa shape index (κ1) is 51.7. The number of Topliss-reactive ketones (excluding diaryl/α,β-unsaturated/α-hetero) is 3. The molecule has 0 aliphatic carbocycles. The van der Waals surface area contributed by atoms with Crippen LogP contribution in [0.15, 0.2) is 54.6 Å². The number of nitrogens with two attached hydrogens (primary N) is 3. The van der Waals surface area contributed by atoms with Crippen molar-refractivity contribution in [3.63, 3.8) is 0 Å². The molecule has 2 amide bonds. The topological polar surface area (TPSA) is 231 Å². The normalized spacial score (nSPS) is 17.2. The van der Waals surface area contributed by atoms with Gasteiger partial charge in [-0.25, -0.2) is 8.42 Å². The first-order chi connectivity index (χ1) is 30.6. The monoisotopic (exact) mass is 903 g/mol. The van der Waals surface area contributed by atoms with Crippen molar-refractivity contribution in [2.75, 3.05) is 51.4 Å². The van der Waals surface area contributed by atoms with Gasteiger partial charge in [0.25, 0.3) is 0 Å². The lowest BCUT2D eigenvalue weighted by molar-refractivity contribution is -0.142. The number of nitrogens with zero attached hydrogens (tertiary/aromatic N) is 1. The molecule has 1 heterocycles. The van der Waals surface area contributed by atoms with Crippen LogP contribution in [-0.4, -0.2) is 99.9 Å². The Morgan fingerprint density at radius 1 is 0.844 bits per heavy atom. The van der Waals surface area contributed by atoms with E-state index in [1.165, 1.54) is 45.1 Å². The highest BCUT2D eigenvalue weighted by atomic mass is 32.2. The van der Waals surface area contributed by atoms with Crippen molar-refractivity contribution in [1.29, 1.82) is 0 Å². The van der Waals surface area contributed by atoms with Crippen molar-refractivity contribution >= 4 is 39.0 Å². The third-order valence-electron chi connectivity index (χ3n) is 11.8. The van der Waals surface area contributed by atoms with Gasteiger partial charge in [-0.05, 0) is 85.7 Å². The van der Waals surface area contributed by atoms with Crippen LogP contribution in [0.2, 0.25) is 0 Å². The van der Waals surface area contributed by atoms with Gasteiger partial charge >= 0.3 is 0 Å². The van der Waals surface area contributed by atoms with Crippen LogP contribution in [0.3, 0.4) is 0 Å². The molecule has 15 heteroatoms. The first-order valence-corrected chi connectivity index (χ1v) is 24.5. The molecule has 4 bridgehead atoms. The van der Waals surface area contributed by atoms with Crippen LogP contribution >= 0.6 is 0 Å². The van der Waals surface area contributed by atoms with Gasteiger partial charge < -0.3 is 36.9 Å². The number of carbonyl (C=O) groups is 5. The van der Waals surface area contributed by atoms with Crippen molar-refractivity contribution in [3.8, 4) is 22.6 Å². The number of hydrogen-bond donors (Lipinski definition) is 4. The molecular formula is C49H69N5O9S. The molecule has 1 aliphatic rings. The lowest BCUT2D eigenvalue weighted by Gasteiger charge is -2.32. The first-order valence-electron chi connectivity index (χ1n) is 22.7. The van der Waals surface area contributed by atoms with Crippen molar-refractivity contribution in [2.24, 2.45) is 29.0 Å². The Bertz CT molecular complexity index is 2210. The number of rotatable bonds is 23. The van der Waals surface area contributed by atoms with Crippen LogP contribution in [0.25, 0.3) is 11.1 Å². The molecule has 0 aromatic heterocycles. The molecule has 0 unspecified atom stereocenters. The van der Waals surface area contributed by atoms with Gasteiger partial charge in [-0.1, -0.05) is 76.8 Å². The van der Waals surface area contributed by atoms with Gasteiger partial charge in [0.05, 0.1) is 6.04 Å². The summed E-state index contributed by atoms with van der Waals surface area (Å²) in [4.78, 5) is 72.2. The SMILES string of the molecule is CCCCCCCc1ccc(C(=O)C[C@@H](CCN)C(=O)N(C)[C@@H]2C(=O)C[C@@H](C)C(=O)N[C@H](C(=O)CS(=O)(=O)CC)Cc3ccc(OCCN)c(c3)-c3cc2ccc3OCCN)c(C)c1. The Hall–Kier alpha value is -4.96. The van der Waals surface area contributed by atoms with Gasteiger partial charge in [0, 0.05) is 67.3 Å². The second-order valence-corrected chi connectivity index (χ2v) is 19.3. The summed E-state index contributed by atoms with van der Waals surface area (Å²) >= 11 is 0. The maximum absolute atomic E-state index is 14.7. The molecule has 0 radical (unpaired) electrons. The number of hydrogen-bond acceptors (Lipinski definition) is 12. The number of amides is 2. The minimum Gasteiger partial charge on any atom is -0.492 e. The Morgan fingerprint density at radius 2 is 1.50 bits per heavy atom. The number of aryl methyl sites for hydroxylation is 2. The van der Waals surface area contributed by atoms with E-state index in [-0.39, 0.29) is 70.1 Å². The van der Waals surface area contributed by atoms with Crippen LogP contribution in [0.1, 0.15) is 111 Å². The average molecular weight is 904 g/mol. The molecule has 64 heavy (non-hydrogen) atoms. The maximum Gasteiger partial charge on any atom is 0.226 e. The molecule has 1 aliphatic heterocycles. The second-order valence-electron chi connectivity index (χ2n) is 16.9. The minimum absolute atomic E-state index is 0.0583. The van der Waals surface area contributed by atoms with E-state index in [9.17, 15) is 32.4 Å². The second kappa shape index (κ2) is 24.9. The van der Waals surface area contributed by atoms with Gasteiger partial charge in [-0.3, -0.25) is 24.0 Å². The number of benzene rings is 3. The predicted molar refractivity (Wildman–Crippen MR) is 250 cm³/mol. The third-order valence-corrected chi connectivity index (χ3v) is 13.4. The molecule has 0 saturated carbocycles.